The van der Waals surface area contributed by atoms with Gasteiger partial charge >= 0.3 is 0 Å². The third-order valence-corrected chi connectivity index (χ3v) is 3.70. The summed E-state index contributed by atoms with van der Waals surface area (Å²) in [6, 6.07) is 3.05. The molecule has 0 amide bonds. The zero-order chi connectivity index (χ0) is 11.3. The van der Waals surface area contributed by atoms with E-state index in [0.717, 1.165) is 12.6 Å². The molecule has 2 nitrogen and oxygen atoms in total. The molecule has 15 heavy (non-hydrogen) atoms. The molecular weight excluding hydrogens is 184 g/mol. The average Bonchev–Trinajstić information content (AvgIpc) is 3.03. The maximum Gasteiger partial charge on any atom is 0.0635 e. The zero-order valence-electron chi connectivity index (χ0n) is 10.4. The van der Waals surface area contributed by atoms with Gasteiger partial charge in [-0.3, -0.25) is 4.90 Å². The molecule has 0 bridgehead atoms. The van der Waals surface area contributed by atoms with Gasteiger partial charge in [-0.25, -0.2) is 0 Å². The van der Waals surface area contributed by atoms with Gasteiger partial charge in [0.15, 0.2) is 0 Å². The summed E-state index contributed by atoms with van der Waals surface area (Å²) in [5.74, 6) is 0. The normalized spacial score (nSPS) is 19.9. The summed E-state index contributed by atoms with van der Waals surface area (Å²) in [5, 5.41) is 8.71. The highest BCUT2D eigenvalue weighted by molar-refractivity contribution is 4.96. The lowest BCUT2D eigenvalue weighted by Crippen LogP contribution is -2.47. The Morgan fingerprint density at radius 3 is 2.47 bits per heavy atom. The van der Waals surface area contributed by atoms with Crippen LogP contribution < -0.4 is 0 Å². The van der Waals surface area contributed by atoms with E-state index >= 15 is 0 Å². The molecule has 86 valence electrons. The van der Waals surface area contributed by atoms with Crippen molar-refractivity contribution in [1.82, 2.24) is 4.90 Å². The first-order valence-electron chi connectivity index (χ1n) is 6.31. The lowest BCUT2D eigenvalue weighted by Gasteiger charge is -2.41. The molecule has 0 aromatic carbocycles. The minimum atomic E-state index is 0.326. The fourth-order valence-electron chi connectivity index (χ4n) is 2.51. The Labute approximate surface area is 94.3 Å². The molecule has 0 aromatic rings. The van der Waals surface area contributed by atoms with E-state index in [-0.39, 0.29) is 0 Å². The van der Waals surface area contributed by atoms with Gasteiger partial charge in [-0.15, -0.1) is 0 Å². The summed E-state index contributed by atoms with van der Waals surface area (Å²) in [5.41, 5.74) is 0.326. The fourth-order valence-corrected chi connectivity index (χ4v) is 2.51. The van der Waals surface area contributed by atoms with Crippen LogP contribution in [-0.4, -0.2) is 23.0 Å². The SMILES string of the molecule is CCCC(C)(CC)N(CCC#N)C1CC1. The molecule has 0 aliphatic heterocycles. The molecule has 1 saturated carbocycles. The van der Waals surface area contributed by atoms with E-state index in [0.29, 0.717) is 12.0 Å². The van der Waals surface area contributed by atoms with E-state index in [1.165, 1.54) is 32.1 Å². The Balaban J connectivity index is 2.62. The molecule has 0 heterocycles. The smallest absolute Gasteiger partial charge is 0.0635 e. The minimum absolute atomic E-state index is 0.326. The Bertz CT molecular complexity index is 227. The average molecular weight is 208 g/mol. The van der Waals surface area contributed by atoms with Gasteiger partial charge in [0, 0.05) is 24.5 Å². The fraction of sp³-hybridized carbons (Fsp3) is 0.923. The summed E-state index contributed by atoms with van der Waals surface area (Å²) in [7, 11) is 0. The van der Waals surface area contributed by atoms with Crippen molar-refractivity contribution < 1.29 is 0 Å². The van der Waals surface area contributed by atoms with Gasteiger partial charge in [-0.1, -0.05) is 20.3 Å². The predicted molar refractivity (Wildman–Crippen MR) is 63.6 cm³/mol. The van der Waals surface area contributed by atoms with Crippen molar-refractivity contribution in [2.24, 2.45) is 0 Å². The maximum absolute atomic E-state index is 8.71. The van der Waals surface area contributed by atoms with Crippen molar-refractivity contribution in [1.29, 1.82) is 5.26 Å². The first-order valence-corrected chi connectivity index (χ1v) is 6.31. The first kappa shape index (κ1) is 12.5. The molecule has 0 radical (unpaired) electrons. The van der Waals surface area contributed by atoms with Crippen LogP contribution in [0.3, 0.4) is 0 Å². The molecule has 2 heteroatoms. The van der Waals surface area contributed by atoms with Gasteiger partial charge in [0.1, 0.15) is 0 Å². The molecule has 1 aliphatic rings. The van der Waals surface area contributed by atoms with Crippen LogP contribution >= 0.6 is 0 Å². The monoisotopic (exact) mass is 208 g/mol. The quantitative estimate of drug-likeness (QED) is 0.641. The van der Waals surface area contributed by atoms with Crippen molar-refractivity contribution in [2.75, 3.05) is 6.54 Å². The molecule has 0 aromatic heterocycles. The number of rotatable bonds is 7. The van der Waals surface area contributed by atoms with Gasteiger partial charge in [-0.2, -0.15) is 5.26 Å². The Morgan fingerprint density at radius 2 is 2.07 bits per heavy atom. The summed E-state index contributed by atoms with van der Waals surface area (Å²) in [6.07, 6.45) is 7.04. The lowest BCUT2D eigenvalue weighted by atomic mass is 9.90. The molecular formula is C13H24N2. The van der Waals surface area contributed by atoms with E-state index in [4.69, 9.17) is 5.26 Å². The van der Waals surface area contributed by atoms with E-state index in [9.17, 15) is 0 Å². The minimum Gasteiger partial charge on any atom is -0.294 e. The van der Waals surface area contributed by atoms with Gasteiger partial charge in [-0.05, 0) is 32.6 Å². The first-order chi connectivity index (χ1) is 7.18. The van der Waals surface area contributed by atoms with E-state index in [1.54, 1.807) is 0 Å². The van der Waals surface area contributed by atoms with Crippen molar-refractivity contribution >= 4 is 0 Å². The third kappa shape index (κ3) is 3.21. The summed E-state index contributed by atoms with van der Waals surface area (Å²) in [6.45, 7) is 7.86. The highest BCUT2D eigenvalue weighted by Gasteiger charge is 2.39. The predicted octanol–water partition coefficient (Wildman–Crippen LogP) is 3.33. The van der Waals surface area contributed by atoms with E-state index in [2.05, 4.69) is 31.7 Å². The van der Waals surface area contributed by atoms with Crippen LogP contribution in [0.1, 0.15) is 59.3 Å². The van der Waals surface area contributed by atoms with Crippen LogP contribution in [0.4, 0.5) is 0 Å². The van der Waals surface area contributed by atoms with Crippen LogP contribution in [-0.2, 0) is 0 Å². The summed E-state index contributed by atoms with van der Waals surface area (Å²) in [4.78, 5) is 2.60. The van der Waals surface area contributed by atoms with Gasteiger partial charge in [0.05, 0.1) is 6.07 Å². The van der Waals surface area contributed by atoms with Gasteiger partial charge < -0.3 is 0 Å². The van der Waals surface area contributed by atoms with E-state index < -0.39 is 0 Å². The molecule has 1 rings (SSSR count). The van der Waals surface area contributed by atoms with E-state index in [1.807, 2.05) is 0 Å². The topological polar surface area (TPSA) is 27.0 Å². The maximum atomic E-state index is 8.71. The van der Waals surface area contributed by atoms with Crippen molar-refractivity contribution in [3.8, 4) is 6.07 Å². The zero-order valence-corrected chi connectivity index (χ0v) is 10.4. The highest BCUT2D eigenvalue weighted by Crippen LogP contribution is 2.36. The molecule has 1 aliphatic carbocycles. The molecule has 0 saturated heterocycles. The van der Waals surface area contributed by atoms with Crippen LogP contribution in [0, 0.1) is 11.3 Å². The number of nitriles is 1. The Hall–Kier alpha value is -0.550. The Kier molecular flexibility index (Phi) is 4.60. The van der Waals surface area contributed by atoms with Crippen molar-refractivity contribution in [2.45, 2.75) is 70.9 Å². The van der Waals surface area contributed by atoms with Gasteiger partial charge in [0.25, 0.3) is 0 Å². The van der Waals surface area contributed by atoms with Crippen molar-refractivity contribution in [3.63, 3.8) is 0 Å². The molecule has 1 fully saturated rings. The van der Waals surface area contributed by atoms with Crippen LogP contribution in [0.5, 0.6) is 0 Å². The third-order valence-electron chi connectivity index (χ3n) is 3.70. The standard InChI is InChI=1S/C13H24N2/c1-4-9-13(3,5-2)15(11-6-10-14)12-7-8-12/h12H,4-9,11H2,1-3H3. The van der Waals surface area contributed by atoms with Crippen molar-refractivity contribution in [3.05, 3.63) is 0 Å². The summed E-state index contributed by atoms with van der Waals surface area (Å²) >= 11 is 0. The Morgan fingerprint density at radius 1 is 1.40 bits per heavy atom. The van der Waals surface area contributed by atoms with Gasteiger partial charge in [0.2, 0.25) is 0 Å². The highest BCUT2D eigenvalue weighted by atomic mass is 15.2. The lowest BCUT2D eigenvalue weighted by molar-refractivity contribution is 0.0826. The molecule has 0 N–H and O–H groups in total. The van der Waals surface area contributed by atoms with Crippen LogP contribution in [0.15, 0.2) is 0 Å². The summed E-state index contributed by atoms with van der Waals surface area (Å²) < 4.78 is 0. The second-order valence-electron chi connectivity index (χ2n) is 4.93. The number of hydrogen-bond donors (Lipinski definition) is 0. The second-order valence-corrected chi connectivity index (χ2v) is 4.93. The molecule has 1 atom stereocenters. The largest absolute Gasteiger partial charge is 0.294 e. The number of nitrogens with zero attached hydrogens (tertiary/aromatic N) is 2. The molecule has 0 spiro atoms. The second kappa shape index (κ2) is 5.51. The van der Waals surface area contributed by atoms with Crippen LogP contribution in [0.2, 0.25) is 0 Å². The number of hydrogen-bond acceptors (Lipinski definition) is 2. The molecule has 1 unspecified atom stereocenters. The van der Waals surface area contributed by atoms with Crippen LogP contribution in [0.25, 0.3) is 0 Å².